The molecule has 2 atom stereocenters. The Labute approximate surface area is 158 Å². The minimum atomic E-state index is 0. The van der Waals surface area contributed by atoms with E-state index in [1.807, 2.05) is 7.05 Å². The number of hydrogen-bond acceptors (Lipinski definition) is 3. The second-order valence-corrected chi connectivity index (χ2v) is 7.30. The van der Waals surface area contributed by atoms with E-state index in [9.17, 15) is 0 Å². The molecule has 2 aliphatic heterocycles. The number of guanidine groups is 1. The molecule has 1 saturated carbocycles. The number of nitrogens with zero attached hydrogens (tertiary/aromatic N) is 2. The predicted octanol–water partition coefficient (Wildman–Crippen LogP) is 2.21. The number of morpholine rings is 1. The van der Waals surface area contributed by atoms with Gasteiger partial charge in [0.05, 0.1) is 12.7 Å². The van der Waals surface area contributed by atoms with Crippen LogP contribution in [0.25, 0.3) is 0 Å². The number of halogens is 1. The average Bonchev–Trinajstić information content (AvgIpc) is 3.01. The summed E-state index contributed by atoms with van der Waals surface area (Å²) in [4.78, 5) is 6.97. The molecule has 0 radical (unpaired) electrons. The van der Waals surface area contributed by atoms with Crippen LogP contribution in [0.4, 0.5) is 0 Å². The third kappa shape index (κ3) is 5.46. The highest BCUT2D eigenvalue weighted by Crippen LogP contribution is 2.24. The SMILES string of the molecule is CN=C(NCC1CN2CCCC2CO1)NC1CCC(C)CC1.I. The van der Waals surface area contributed by atoms with E-state index in [1.54, 1.807) is 0 Å². The molecule has 3 rings (SSSR count). The van der Waals surface area contributed by atoms with Gasteiger partial charge >= 0.3 is 0 Å². The van der Waals surface area contributed by atoms with Gasteiger partial charge in [0.15, 0.2) is 5.96 Å². The van der Waals surface area contributed by atoms with Gasteiger partial charge in [-0.3, -0.25) is 9.89 Å². The van der Waals surface area contributed by atoms with Crippen LogP contribution < -0.4 is 10.6 Å². The fraction of sp³-hybridized carbons (Fsp3) is 0.941. The van der Waals surface area contributed by atoms with E-state index in [2.05, 4.69) is 27.4 Å². The highest BCUT2D eigenvalue weighted by atomic mass is 127. The molecule has 0 aromatic heterocycles. The Morgan fingerprint density at radius 1 is 1.22 bits per heavy atom. The van der Waals surface area contributed by atoms with Crippen LogP contribution in [0.15, 0.2) is 4.99 Å². The smallest absolute Gasteiger partial charge is 0.191 e. The summed E-state index contributed by atoms with van der Waals surface area (Å²) < 4.78 is 6.00. The van der Waals surface area contributed by atoms with Gasteiger partial charge in [-0.05, 0) is 51.0 Å². The van der Waals surface area contributed by atoms with Crippen LogP contribution in [0.2, 0.25) is 0 Å². The van der Waals surface area contributed by atoms with Crippen molar-refractivity contribution >= 4 is 29.9 Å². The Balaban J connectivity index is 0.00000192. The molecule has 2 unspecified atom stereocenters. The van der Waals surface area contributed by atoms with E-state index in [0.717, 1.165) is 31.6 Å². The summed E-state index contributed by atoms with van der Waals surface area (Å²) >= 11 is 0. The molecule has 6 heteroatoms. The average molecular weight is 436 g/mol. The molecule has 0 aromatic rings. The van der Waals surface area contributed by atoms with Crippen LogP contribution in [0.3, 0.4) is 0 Å². The molecule has 2 heterocycles. The van der Waals surface area contributed by atoms with Crippen molar-refractivity contribution in [3.63, 3.8) is 0 Å². The van der Waals surface area contributed by atoms with Gasteiger partial charge in [-0.25, -0.2) is 0 Å². The van der Waals surface area contributed by atoms with Crippen molar-refractivity contribution in [2.45, 2.75) is 63.6 Å². The van der Waals surface area contributed by atoms with Gasteiger partial charge in [0.1, 0.15) is 0 Å². The number of ether oxygens (including phenoxy) is 1. The molecule has 5 nitrogen and oxygen atoms in total. The first kappa shape index (κ1) is 19.2. The van der Waals surface area contributed by atoms with Crippen LogP contribution in [0, 0.1) is 5.92 Å². The molecule has 0 amide bonds. The Hall–Kier alpha value is -0.0800. The van der Waals surface area contributed by atoms with Gasteiger partial charge in [-0.2, -0.15) is 0 Å². The van der Waals surface area contributed by atoms with Crippen molar-refractivity contribution in [3.8, 4) is 0 Å². The van der Waals surface area contributed by atoms with Gasteiger partial charge in [-0.1, -0.05) is 6.92 Å². The topological polar surface area (TPSA) is 48.9 Å². The summed E-state index contributed by atoms with van der Waals surface area (Å²) in [6, 6.07) is 1.26. The summed E-state index contributed by atoms with van der Waals surface area (Å²) in [5, 5.41) is 7.05. The summed E-state index contributed by atoms with van der Waals surface area (Å²) in [5.74, 6) is 1.82. The first-order valence-corrected chi connectivity index (χ1v) is 9.07. The zero-order chi connectivity index (χ0) is 15.4. The van der Waals surface area contributed by atoms with Gasteiger partial charge in [-0.15, -0.1) is 24.0 Å². The molecule has 3 aliphatic rings. The van der Waals surface area contributed by atoms with Gasteiger partial charge in [0.2, 0.25) is 0 Å². The predicted molar refractivity (Wildman–Crippen MR) is 106 cm³/mol. The van der Waals surface area contributed by atoms with Crippen molar-refractivity contribution in [2.75, 3.05) is 33.3 Å². The quantitative estimate of drug-likeness (QED) is 0.405. The van der Waals surface area contributed by atoms with Crippen LogP contribution in [0.5, 0.6) is 0 Å². The zero-order valence-corrected chi connectivity index (χ0v) is 16.9. The van der Waals surface area contributed by atoms with Crippen LogP contribution in [-0.4, -0.2) is 62.3 Å². The van der Waals surface area contributed by atoms with E-state index in [1.165, 1.54) is 45.1 Å². The van der Waals surface area contributed by atoms with Crippen molar-refractivity contribution < 1.29 is 4.74 Å². The number of nitrogens with one attached hydrogen (secondary N) is 2. The van der Waals surface area contributed by atoms with Gasteiger partial charge < -0.3 is 15.4 Å². The standard InChI is InChI=1S/C17H32N4O.HI/c1-13-5-7-14(8-6-13)20-17(18-2)19-10-16-11-21-9-3-4-15(21)12-22-16;/h13-16H,3-12H2,1-2H3,(H2,18,19,20);1H. The van der Waals surface area contributed by atoms with E-state index >= 15 is 0 Å². The minimum Gasteiger partial charge on any atom is -0.373 e. The summed E-state index contributed by atoms with van der Waals surface area (Å²) in [6.45, 7) is 6.42. The molecular formula is C17H33IN4O. The van der Waals surface area contributed by atoms with Crippen LogP contribution in [-0.2, 0) is 4.74 Å². The number of aliphatic imine (C=N–C) groups is 1. The highest BCUT2D eigenvalue weighted by Gasteiger charge is 2.32. The Morgan fingerprint density at radius 2 is 2.00 bits per heavy atom. The second kappa shape index (κ2) is 9.42. The van der Waals surface area contributed by atoms with E-state index < -0.39 is 0 Å². The molecule has 0 aromatic carbocycles. The largest absolute Gasteiger partial charge is 0.373 e. The monoisotopic (exact) mass is 436 g/mol. The Morgan fingerprint density at radius 3 is 2.74 bits per heavy atom. The molecule has 2 N–H and O–H groups in total. The Kier molecular flexibility index (Phi) is 7.88. The molecule has 23 heavy (non-hydrogen) atoms. The lowest BCUT2D eigenvalue weighted by molar-refractivity contribution is -0.0453. The summed E-state index contributed by atoms with van der Waals surface area (Å²) in [6.07, 6.45) is 8.11. The van der Waals surface area contributed by atoms with Crippen molar-refractivity contribution in [1.82, 2.24) is 15.5 Å². The van der Waals surface area contributed by atoms with E-state index in [-0.39, 0.29) is 24.0 Å². The van der Waals surface area contributed by atoms with Crippen LogP contribution in [0.1, 0.15) is 45.4 Å². The second-order valence-electron chi connectivity index (χ2n) is 7.30. The number of hydrogen-bond donors (Lipinski definition) is 2. The molecule has 0 spiro atoms. The molecule has 1 aliphatic carbocycles. The highest BCUT2D eigenvalue weighted by molar-refractivity contribution is 14.0. The first-order valence-electron chi connectivity index (χ1n) is 9.07. The molecule has 134 valence electrons. The van der Waals surface area contributed by atoms with E-state index in [4.69, 9.17) is 4.74 Å². The Bertz CT molecular complexity index is 385. The van der Waals surface area contributed by atoms with E-state index in [0.29, 0.717) is 18.2 Å². The number of rotatable bonds is 3. The van der Waals surface area contributed by atoms with Gasteiger partial charge in [0.25, 0.3) is 0 Å². The maximum atomic E-state index is 6.00. The van der Waals surface area contributed by atoms with Crippen molar-refractivity contribution in [1.29, 1.82) is 0 Å². The van der Waals surface area contributed by atoms with Gasteiger partial charge in [0, 0.05) is 32.2 Å². The lowest BCUT2D eigenvalue weighted by Crippen LogP contribution is -2.52. The van der Waals surface area contributed by atoms with Crippen molar-refractivity contribution in [2.24, 2.45) is 10.9 Å². The normalized spacial score (nSPS) is 35.3. The molecule has 2 saturated heterocycles. The summed E-state index contributed by atoms with van der Waals surface area (Å²) in [5.41, 5.74) is 0. The summed E-state index contributed by atoms with van der Waals surface area (Å²) in [7, 11) is 1.86. The molecule has 3 fully saturated rings. The third-order valence-corrected chi connectivity index (χ3v) is 5.54. The maximum Gasteiger partial charge on any atom is 0.191 e. The lowest BCUT2D eigenvalue weighted by atomic mass is 9.87. The zero-order valence-electron chi connectivity index (χ0n) is 14.6. The third-order valence-electron chi connectivity index (χ3n) is 5.54. The van der Waals surface area contributed by atoms with Crippen molar-refractivity contribution in [3.05, 3.63) is 0 Å². The fourth-order valence-corrected chi connectivity index (χ4v) is 4.01. The minimum absolute atomic E-state index is 0. The number of fused-ring (bicyclic) bond motifs is 1. The first-order chi connectivity index (χ1) is 10.7. The fourth-order valence-electron chi connectivity index (χ4n) is 4.01. The maximum absolute atomic E-state index is 6.00. The molecule has 0 bridgehead atoms. The lowest BCUT2D eigenvalue weighted by Gasteiger charge is -2.35. The van der Waals surface area contributed by atoms with Crippen LogP contribution >= 0.6 is 24.0 Å². The molecular weight excluding hydrogens is 403 g/mol.